The topological polar surface area (TPSA) is 127 Å². The quantitative estimate of drug-likeness (QED) is 0.370. The highest BCUT2D eigenvalue weighted by molar-refractivity contribution is 5.82. The number of anilines is 2. The van der Waals surface area contributed by atoms with Crippen LogP contribution >= 0.6 is 0 Å². The standard InChI is InChI=1S/C24H30FN9O2/c1-12(2)28-24(35)36-18-7-6-15(21(18)25)17-10-19(32-31-17)30-23-29-13(3)20(22-26-8-9-34(22)23)16-11-27-33(5)14(16)4/h8-12,15,18,21H,6-7H2,1-5H3,(H,28,35)(H2,29,30,31,32)/t15-,18-,21-/m0/s1. The van der Waals surface area contributed by atoms with Gasteiger partial charge in [-0.1, -0.05) is 0 Å². The van der Waals surface area contributed by atoms with E-state index in [9.17, 15) is 4.79 Å². The zero-order valence-corrected chi connectivity index (χ0v) is 20.9. The monoisotopic (exact) mass is 495 g/mol. The lowest BCUT2D eigenvalue weighted by molar-refractivity contribution is 0.0555. The summed E-state index contributed by atoms with van der Waals surface area (Å²) in [6.45, 7) is 7.59. The van der Waals surface area contributed by atoms with Crippen molar-refractivity contribution >= 4 is 23.5 Å². The summed E-state index contributed by atoms with van der Waals surface area (Å²) in [4.78, 5) is 21.2. The fraction of sp³-hybridized carbons (Fsp3) is 0.458. The zero-order chi connectivity index (χ0) is 25.6. The second-order valence-electron chi connectivity index (χ2n) is 9.49. The number of rotatable bonds is 6. The minimum Gasteiger partial charge on any atom is -0.443 e. The number of nitrogens with zero attached hydrogens (tertiary/aromatic N) is 6. The van der Waals surface area contributed by atoms with Crippen LogP contribution in [0.2, 0.25) is 0 Å². The molecule has 12 heteroatoms. The van der Waals surface area contributed by atoms with Crippen molar-refractivity contribution in [2.45, 2.75) is 64.8 Å². The highest BCUT2D eigenvalue weighted by Gasteiger charge is 2.41. The third-order valence-electron chi connectivity index (χ3n) is 6.64. The average molecular weight is 496 g/mol. The van der Waals surface area contributed by atoms with E-state index < -0.39 is 24.3 Å². The van der Waals surface area contributed by atoms with Crippen LogP contribution in [0.25, 0.3) is 16.8 Å². The van der Waals surface area contributed by atoms with Crippen LogP contribution < -0.4 is 10.6 Å². The Morgan fingerprint density at radius 1 is 1.31 bits per heavy atom. The molecule has 1 aliphatic carbocycles. The molecule has 0 spiro atoms. The van der Waals surface area contributed by atoms with Crippen LogP contribution in [0.3, 0.4) is 0 Å². The molecule has 4 aromatic heterocycles. The minimum atomic E-state index is -1.32. The van der Waals surface area contributed by atoms with Gasteiger partial charge in [-0.25, -0.2) is 19.2 Å². The molecule has 5 rings (SSSR count). The molecule has 1 saturated carbocycles. The van der Waals surface area contributed by atoms with Crippen LogP contribution in [-0.4, -0.2) is 58.8 Å². The number of alkyl carbamates (subject to hydrolysis) is 1. The predicted octanol–water partition coefficient (Wildman–Crippen LogP) is 3.93. The lowest BCUT2D eigenvalue weighted by Gasteiger charge is -2.18. The number of ether oxygens (including phenoxy) is 1. The number of carbonyl (C=O) groups is 1. The van der Waals surface area contributed by atoms with Gasteiger partial charge >= 0.3 is 6.09 Å². The number of aromatic nitrogens is 7. The van der Waals surface area contributed by atoms with Gasteiger partial charge in [0.15, 0.2) is 5.82 Å². The van der Waals surface area contributed by atoms with Gasteiger partial charge in [0.25, 0.3) is 0 Å². The molecule has 3 N–H and O–H groups in total. The van der Waals surface area contributed by atoms with Crippen LogP contribution in [0, 0.1) is 13.8 Å². The smallest absolute Gasteiger partial charge is 0.407 e. The molecule has 4 aromatic rings. The van der Waals surface area contributed by atoms with E-state index in [2.05, 4.69) is 30.9 Å². The van der Waals surface area contributed by atoms with E-state index in [0.717, 1.165) is 28.2 Å². The van der Waals surface area contributed by atoms with E-state index in [4.69, 9.17) is 9.72 Å². The number of alkyl halides is 1. The van der Waals surface area contributed by atoms with Crippen molar-refractivity contribution in [3.05, 3.63) is 41.7 Å². The summed E-state index contributed by atoms with van der Waals surface area (Å²) in [7, 11) is 1.90. The molecule has 0 bridgehead atoms. The molecule has 0 saturated heterocycles. The van der Waals surface area contributed by atoms with Gasteiger partial charge in [-0.3, -0.25) is 14.2 Å². The summed E-state index contributed by atoms with van der Waals surface area (Å²) in [5.41, 5.74) is 5.09. The van der Waals surface area contributed by atoms with E-state index in [1.165, 1.54) is 0 Å². The Balaban J connectivity index is 1.35. The number of nitrogens with one attached hydrogen (secondary N) is 3. The number of amides is 1. The van der Waals surface area contributed by atoms with Gasteiger partial charge in [0.2, 0.25) is 5.95 Å². The number of halogens is 1. The van der Waals surface area contributed by atoms with Crippen molar-refractivity contribution < 1.29 is 13.9 Å². The maximum atomic E-state index is 15.1. The molecule has 1 fully saturated rings. The first kappa shape index (κ1) is 23.8. The molecule has 4 heterocycles. The molecule has 1 aliphatic rings. The van der Waals surface area contributed by atoms with Crippen molar-refractivity contribution in [1.82, 2.24) is 39.7 Å². The van der Waals surface area contributed by atoms with E-state index in [1.807, 2.05) is 56.2 Å². The molecular weight excluding hydrogens is 465 g/mol. The Morgan fingerprint density at radius 2 is 2.11 bits per heavy atom. The van der Waals surface area contributed by atoms with Crippen LogP contribution in [0.5, 0.6) is 0 Å². The summed E-state index contributed by atoms with van der Waals surface area (Å²) >= 11 is 0. The number of aryl methyl sites for hydroxylation is 2. The summed E-state index contributed by atoms with van der Waals surface area (Å²) in [5.74, 6) is 0.605. The molecule has 3 atom stereocenters. The van der Waals surface area contributed by atoms with E-state index in [1.54, 1.807) is 12.3 Å². The Bertz CT molecular complexity index is 1410. The van der Waals surface area contributed by atoms with Gasteiger partial charge in [0.05, 0.1) is 11.9 Å². The van der Waals surface area contributed by atoms with Crippen molar-refractivity contribution in [3.8, 4) is 11.1 Å². The molecule has 190 valence electrons. The fourth-order valence-corrected chi connectivity index (χ4v) is 4.72. The molecule has 0 aliphatic heterocycles. The van der Waals surface area contributed by atoms with E-state index in [-0.39, 0.29) is 6.04 Å². The Kier molecular flexibility index (Phi) is 6.10. The number of fused-ring (bicyclic) bond motifs is 1. The van der Waals surface area contributed by atoms with Gasteiger partial charge in [0, 0.05) is 60.0 Å². The zero-order valence-electron chi connectivity index (χ0n) is 20.9. The number of carbonyl (C=O) groups excluding carboxylic acids is 1. The van der Waals surface area contributed by atoms with Gasteiger partial charge < -0.3 is 15.4 Å². The second-order valence-corrected chi connectivity index (χ2v) is 9.49. The van der Waals surface area contributed by atoms with Crippen molar-refractivity contribution in [3.63, 3.8) is 0 Å². The second kappa shape index (κ2) is 9.25. The van der Waals surface area contributed by atoms with Crippen molar-refractivity contribution in [1.29, 1.82) is 0 Å². The maximum Gasteiger partial charge on any atom is 0.407 e. The summed E-state index contributed by atoms with van der Waals surface area (Å²) < 4.78 is 24.1. The third-order valence-corrected chi connectivity index (χ3v) is 6.64. The number of imidazole rings is 1. The molecule has 11 nitrogen and oxygen atoms in total. The molecule has 1 amide bonds. The van der Waals surface area contributed by atoms with Gasteiger partial charge in [-0.2, -0.15) is 10.2 Å². The SMILES string of the molecule is Cc1nc(Nc2cc([C@@H]3CC[C@H](OC(=O)NC(C)C)[C@H]3F)[nH]n2)n2ccnc2c1-c1cnn(C)c1C. The first-order chi connectivity index (χ1) is 17.2. The van der Waals surface area contributed by atoms with Crippen LogP contribution in [0.4, 0.5) is 21.0 Å². The maximum absolute atomic E-state index is 15.1. The van der Waals surface area contributed by atoms with Crippen molar-refractivity contribution in [2.24, 2.45) is 7.05 Å². The lowest BCUT2D eigenvalue weighted by atomic mass is 10.0. The highest BCUT2D eigenvalue weighted by atomic mass is 19.1. The van der Waals surface area contributed by atoms with Crippen LogP contribution in [0.15, 0.2) is 24.7 Å². The molecule has 36 heavy (non-hydrogen) atoms. The number of hydrogen-bond acceptors (Lipinski definition) is 7. The number of hydrogen-bond donors (Lipinski definition) is 3. The Labute approximate surface area is 207 Å². The van der Waals surface area contributed by atoms with Gasteiger partial charge in [-0.05, 0) is 40.5 Å². The summed E-state index contributed by atoms with van der Waals surface area (Å²) in [6, 6.07) is 1.70. The number of H-pyrrole nitrogens is 1. The lowest BCUT2D eigenvalue weighted by Crippen LogP contribution is -2.36. The van der Waals surface area contributed by atoms with Gasteiger partial charge in [0.1, 0.15) is 17.9 Å². The minimum absolute atomic E-state index is 0.0735. The van der Waals surface area contributed by atoms with E-state index >= 15 is 4.39 Å². The van der Waals surface area contributed by atoms with Crippen LogP contribution in [0.1, 0.15) is 49.7 Å². The van der Waals surface area contributed by atoms with E-state index in [0.29, 0.717) is 30.3 Å². The normalized spacial score (nSPS) is 19.8. The highest BCUT2D eigenvalue weighted by Crippen LogP contribution is 2.39. The average Bonchev–Trinajstić information content (AvgIpc) is 3.60. The predicted molar refractivity (Wildman–Crippen MR) is 132 cm³/mol. The Hall–Kier alpha value is -3.96. The fourth-order valence-electron chi connectivity index (χ4n) is 4.72. The van der Waals surface area contributed by atoms with Gasteiger partial charge in [-0.15, -0.1) is 0 Å². The van der Waals surface area contributed by atoms with Crippen LogP contribution in [-0.2, 0) is 11.8 Å². The first-order valence-electron chi connectivity index (χ1n) is 12.0. The Morgan fingerprint density at radius 3 is 2.83 bits per heavy atom. The first-order valence-corrected chi connectivity index (χ1v) is 12.0. The molecule has 0 unspecified atom stereocenters. The molecular formula is C24H30FN9O2. The largest absolute Gasteiger partial charge is 0.443 e. The summed E-state index contributed by atoms with van der Waals surface area (Å²) in [6.07, 6.45) is 3.65. The molecule has 0 aromatic carbocycles. The summed E-state index contributed by atoms with van der Waals surface area (Å²) in [5, 5.41) is 17.5. The van der Waals surface area contributed by atoms with Crippen molar-refractivity contribution in [2.75, 3.05) is 5.32 Å². The third kappa shape index (κ3) is 4.27. The number of aromatic amines is 1. The molecule has 0 radical (unpaired) electrons.